The highest BCUT2D eigenvalue weighted by atomic mass is 35.5. The van der Waals surface area contributed by atoms with E-state index in [-0.39, 0.29) is 11.0 Å². The number of aryl methyl sites for hydroxylation is 2. The van der Waals surface area contributed by atoms with Crippen molar-refractivity contribution in [3.8, 4) is 0 Å². The van der Waals surface area contributed by atoms with Crippen LogP contribution in [0.4, 0.5) is 0 Å². The molecule has 0 aliphatic carbocycles. The van der Waals surface area contributed by atoms with E-state index in [1.165, 1.54) is 5.56 Å². The van der Waals surface area contributed by atoms with E-state index in [1.54, 1.807) is 11.8 Å². The molecule has 1 unspecified atom stereocenters. The van der Waals surface area contributed by atoms with Crippen molar-refractivity contribution in [3.05, 3.63) is 69.7 Å². The number of thioether (sulfide) groups is 1. The Bertz CT molecular complexity index is 651. The number of carbonyl (C=O) groups excluding carboxylic acids is 1. The van der Waals surface area contributed by atoms with E-state index < -0.39 is 0 Å². The van der Waals surface area contributed by atoms with Crippen LogP contribution in [0.15, 0.2) is 42.5 Å². The fraction of sp³-hybridized carbons (Fsp3) is 0.278. The van der Waals surface area contributed by atoms with Gasteiger partial charge in [-0.15, -0.1) is 11.8 Å². The molecule has 0 spiro atoms. The summed E-state index contributed by atoms with van der Waals surface area (Å²) >= 11 is 7.77. The molecule has 0 saturated heterocycles. The highest BCUT2D eigenvalue weighted by Crippen LogP contribution is 2.25. The molecule has 0 aliphatic rings. The average Bonchev–Trinajstić information content (AvgIpc) is 2.48. The molecule has 110 valence electrons. The van der Waals surface area contributed by atoms with Crippen molar-refractivity contribution < 1.29 is 4.79 Å². The number of rotatable bonds is 5. The molecule has 0 aromatic heterocycles. The summed E-state index contributed by atoms with van der Waals surface area (Å²) in [6.45, 7) is 6.05. The fourth-order valence-electron chi connectivity index (χ4n) is 2.04. The number of hydrogen-bond donors (Lipinski definition) is 0. The zero-order chi connectivity index (χ0) is 15.4. The molecule has 0 radical (unpaired) electrons. The molecule has 0 fully saturated rings. The van der Waals surface area contributed by atoms with Gasteiger partial charge in [0.05, 0.1) is 5.25 Å². The second kappa shape index (κ2) is 7.15. The Kier molecular flexibility index (Phi) is 5.49. The maximum absolute atomic E-state index is 12.5. The summed E-state index contributed by atoms with van der Waals surface area (Å²) in [5.74, 6) is 0.924. The summed E-state index contributed by atoms with van der Waals surface area (Å²) < 4.78 is 0. The molecule has 1 nitrogen and oxygen atoms in total. The van der Waals surface area contributed by atoms with Crippen LogP contribution < -0.4 is 0 Å². The van der Waals surface area contributed by atoms with Gasteiger partial charge in [-0.25, -0.2) is 0 Å². The van der Waals surface area contributed by atoms with Crippen LogP contribution >= 0.6 is 23.4 Å². The van der Waals surface area contributed by atoms with Crippen molar-refractivity contribution >= 4 is 29.1 Å². The van der Waals surface area contributed by atoms with Crippen molar-refractivity contribution in [1.29, 1.82) is 0 Å². The Balaban J connectivity index is 2.03. The zero-order valence-electron chi connectivity index (χ0n) is 12.5. The lowest BCUT2D eigenvalue weighted by molar-refractivity contribution is 0.0994. The first-order valence-corrected chi connectivity index (χ1v) is 8.38. The van der Waals surface area contributed by atoms with Crippen LogP contribution in [0.2, 0.25) is 5.02 Å². The normalized spacial score (nSPS) is 12.2. The quantitative estimate of drug-likeness (QED) is 0.681. The summed E-state index contributed by atoms with van der Waals surface area (Å²) in [5.41, 5.74) is 4.23. The SMILES string of the molecule is Cc1ccc(C(=O)C(C)SCc2ccccc2Cl)cc1C. The van der Waals surface area contributed by atoms with Gasteiger partial charge < -0.3 is 0 Å². The van der Waals surface area contributed by atoms with Crippen molar-refractivity contribution in [2.45, 2.75) is 31.8 Å². The molecule has 0 bridgehead atoms. The van der Waals surface area contributed by atoms with Gasteiger partial charge in [0.25, 0.3) is 0 Å². The molecule has 3 heteroatoms. The van der Waals surface area contributed by atoms with Gasteiger partial charge in [0.1, 0.15) is 0 Å². The van der Waals surface area contributed by atoms with E-state index in [4.69, 9.17) is 11.6 Å². The lowest BCUT2D eigenvalue weighted by Crippen LogP contribution is -2.14. The number of hydrogen-bond acceptors (Lipinski definition) is 2. The van der Waals surface area contributed by atoms with Crippen LogP contribution in [0, 0.1) is 13.8 Å². The number of ketones is 1. The maximum Gasteiger partial charge on any atom is 0.175 e. The van der Waals surface area contributed by atoms with E-state index in [2.05, 4.69) is 6.92 Å². The molecule has 0 saturated carbocycles. The number of carbonyl (C=O) groups is 1. The average molecular weight is 319 g/mol. The Hall–Kier alpha value is -1.25. The van der Waals surface area contributed by atoms with Gasteiger partial charge in [-0.05, 0) is 49.6 Å². The molecule has 21 heavy (non-hydrogen) atoms. The molecular weight excluding hydrogens is 300 g/mol. The van der Waals surface area contributed by atoms with E-state index >= 15 is 0 Å². The van der Waals surface area contributed by atoms with E-state index in [0.29, 0.717) is 0 Å². The Morgan fingerprint density at radius 1 is 1.14 bits per heavy atom. The standard InChI is InChI=1S/C18H19ClOS/c1-12-8-9-15(10-13(12)2)18(20)14(3)21-11-16-6-4-5-7-17(16)19/h4-10,14H,11H2,1-3H3. The van der Waals surface area contributed by atoms with Crippen LogP contribution in [0.3, 0.4) is 0 Å². The highest BCUT2D eigenvalue weighted by Gasteiger charge is 2.16. The van der Waals surface area contributed by atoms with Crippen molar-refractivity contribution in [2.75, 3.05) is 0 Å². The molecule has 0 heterocycles. The Morgan fingerprint density at radius 3 is 2.52 bits per heavy atom. The molecule has 2 aromatic rings. The second-order valence-corrected chi connectivity index (χ2v) is 6.94. The third-order valence-corrected chi connectivity index (χ3v) is 5.17. The van der Waals surface area contributed by atoms with Gasteiger partial charge in [-0.2, -0.15) is 0 Å². The zero-order valence-corrected chi connectivity index (χ0v) is 14.1. The first kappa shape index (κ1) is 16.1. The highest BCUT2D eigenvalue weighted by molar-refractivity contribution is 7.99. The molecule has 0 aliphatic heterocycles. The molecule has 1 atom stereocenters. The predicted molar refractivity (Wildman–Crippen MR) is 92.5 cm³/mol. The largest absolute Gasteiger partial charge is 0.293 e. The fourth-order valence-corrected chi connectivity index (χ4v) is 3.29. The topological polar surface area (TPSA) is 17.1 Å². The van der Waals surface area contributed by atoms with Crippen molar-refractivity contribution in [1.82, 2.24) is 0 Å². The van der Waals surface area contributed by atoms with Gasteiger partial charge in [0.2, 0.25) is 0 Å². The second-order valence-electron chi connectivity index (χ2n) is 5.21. The van der Waals surface area contributed by atoms with Gasteiger partial charge in [0.15, 0.2) is 5.78 Å². The van der Waals surface area contributed by atoms with Crippen LogP contribution in [-0.4, -0.2) is 11.0 Å². The first-order chi connectivity index (χ1) is 9.99. The van der Waals surface area contributed by atoms with E-state index in [1.807, 2.05) is 56.3 Å². The third kappa shape index (κ3) is 4.12. The van der Waals surface area contributed by atoms with Crippen LogP contribution in [0.5, 0.6) is 0 Å². The third-order valence-electron chi connectivity index (χ3n) is 3.61. The van der Waals surface area contributed by atoms with Crippen LogP contribution in [-0.2, 0) is 5.75 Å². The summed E-state index contributed by atoms with van der Waals surface area (Å²) in [4.78, 5) is 12.5. The van der Waals surface area contributed by atoms with E-state index in [0.717, 1.165) is 27.5 Å². The number of Topliss-reactive ketones (excluding diaryl/α,β-unsaturated/α-hetero) is 1. The number of benzene rings is 2. The minimum absolute atomic E-state index is 0.0802. The van der Waals surface area contributed by atoms with Gasteiger partial charge in [0, 0.05) is 16.3 Å². The Labute approximate surface area is 135 Å². The summed E-state index contributed by atoms with van der Waals surface area (Å²) in [6, 6.07) is 13.7. The molecule has 0 amide bonds. The molecule has 0 N–H and O–H groups in total. The van der Waals surface area contributed by atoms with E-state index in [9.17, 15) is 4.79 Å². The molecular formula is C18H19ClOS. The van der Waals surface area contributed by atoms with Gasteiger partial charge in [-0.3, -0.25) is 4.79 Å². The van der Waals surface area contributed by atoms with Gasteiger partial charge >= 0.3 is 0 Å². The first-order valence-electron chi connectivity index (χ1n) is 6.95. The maximum atomic E-state index is 12.5. The van der Waals surface area contributed by atoms with Crippen LogP contribution in [0.1, 0.15) is 34.0 Å². The minimum atomic E-state index is -0.0802. The summed E-state index contributed by atoms with van der Waals surface area (Å²) in [6.07, 6.45) is 0. The molecule has 2 rings (SSSR count). The number of halogens is 1. The van der Waals surface area contributed by atoms with Crippen LogP contribution in [0.25, 0.3) is 0 Å². The summed E-state index contributed by atoms with van der Waals surface area (Å²) in [5, 5.41) is 0.680. The molecule has 2 aromatic carbocycles. The summed E-state index contributed by atoms with van der Waals surface area (Å²) in [7, 11) is 0. The van der Waals surface area contributed by atoms with Gasteiger partial charge in [-0.1, -0.05) is 41.9 Å². The van der Waals surface area contributed by atoms with Crippen molar-refractivity contribution in [3.63, 3.8) is 0 Å². The Morgan fingerprint density at radius 2 is 1.86 bits per heavy atom. The van der Waals surface area contributed by atoms with Crippen molar-refractivity contribution in [2.24, 2.45) is 0 Å². The monoisotopic (exact) mass is 318 g/mol. The smallest absolute Gasteiger partial charge is 0.175 e. The lowest BCUT2D eigenvalue weighted by atomic mass is 10.0. The predicted octanol–water partition coefficient (Wildman–Crippen LogP) is 5.46. The minimum Gasteiger partial charge on any atom is -0.293 e. The lowest BCUT2D eigenvalue weighted by Gasteiger charge is -2.12.